The Morgan fingerprint density at radius 3 is 2.50 bits per heavy atom. The zero-order valence-electron chi connectivity index (χ0n) is 13.9. The fraction of sp³-hybridized carbons (Fsp3) is 0.562. The number of nitrogens with zero attached hydrogens (tertiary/aromatic N) is 2. The highest BCUT2D eigenvalue weighted by Gasteiger charge is 2.51. The van der Waals surface area contributed by atoms with Gasteiger partial charge >= 0.3 is 7.12 Å². The molecule has 0 saturated carbocycles. The number of benzene rings is 1. The lowest BCUT2D eigenvalue weighted by molar-refractivity contribution is 0.00578. The van der Waals surface area contributed by atoms with Crippen molar-refractivity contribution in [2.24, 2.45) is 0 Å². The summed E-state index contributed by atoms with van der Waals surface area (Å²) in [6, 6.07) is 6.13. The molecule has 118 valence electrons. The zero-order chi connectivity index (χ0) is 16.0. The Labute approximate surface area is 131 Å². The van der Waals surface area contributed by atoms with Gasteiger partial charge < -0.3 is 14.0 Å². The monoisotopic (exact) mass is 302 g/mol. The van der Waals surface area contributed by atoms with Crippen LogP contribution < -0.4 is 5.46 Å². The molecule has 0 atom stereocenters. The Morgan fingerprint density at radius 1 is 1.18 bits per heavy atom. The Hall–Kier alpha value is -1.37. The summed E-state index contributed by atoms with van der Waals surface area (Å²) in [4.78, 5) is 0. The molecule has 3 rings (SSSR count). The number of aromatic nitrogens is 2. The standard InChI is InChI=1S/C16H23BN2O3/c1-15(2)16(3,4)22-17(21-15)13-6-7-14-12(10-13)11-19(18-14)8-9-20-5/h6-7,10-11H,8-9H2,1-5H3. The van der Waals surface area contributed by atoms with E-state index >= 15 is 0 Å². The molecule has 0 unspecified atom stereocenters. The fourth-order valence-corrected chi connectivity index (χ4v) is 2.52. The van der Waals surface area contributed by atoms with Gasteiger partial charge in [-0.2, -0.15) is 5.10 Å². The van der Waals surface area contributed by atoms with Gasteiger partial charge in [0.25, 0.3) is 0 Å². The molecule has 1 saturated heterocycles. The third kappa shape index (κ3) is 2.66. The molecule has 1 aliphatic rings. The van der Waals surface area contributed by atoms with Gasteiger partial charge in [-0.15, -0.1) is 0 Å². The first-order chi connectivity index (χ1) is 10.3. The Balaban J connectivity index is 1.86. The van der Waals surface area contributed by atoms with Crippen LogP contribution in [-0.4, -0.2) is 41.8 Å². The lowest BCUT2D eigenvalue weighted by Crippen LogP contribution is -2.41. The van der Waals surface area contributed by atoms with Crippen molar-refractivity contribution in [2.75, 3.05) is 13.7 Å². The number of hydrogen-bond acceptors (Lipinski definition) is 4. The molecule has 1 aliphatic heterocycles. The molecule has 2 heterocycles. The third-order valence-electron chi connectivity index (χ3n) is 4.63. The van der Waals surface area contributed by atoms with Crippen LogP contribution >= 0.6 is 0 Å². The van der Waals surface area contributed by atoms with Gasteiger partial charge in [0.1, 0.15) is 0 Å². The molecule has 22 heavy (non-hydrogen) atoms. The summed E-state index contributed by atoms with van der Waals surface area (Å²) in [5, 5.41) is 5.62. The molecule has 5 nitrogen and oxygen atoms in total. The Bertz CT molecular complexity index is 665. The molecule has 1 aromatic heterocycles. The molecule has 0 aliphatic carbocycles. The maximum Gasteiger partial charge on any atom is 0.494 e. The molecular weight excluding hydrogens is 279 g/mol. The maximum atomic E-state index is 6.10. The number of fused-ring (bicyclic) bond motifs is 1. The minimum atomic E-state index is -0.336. The highest BCUT2D eigenvalue weighted by molar-refractivity contribution is 6.62. The highest BCUT2D eigenvalue weighted by atomic mass is 16.7. The number of ether oxygens (including phenoxy) is 1. The normalized spacial score (nSPS) is 20.0. The van der Waals surface area contributed by atoms with E-state index in [1.807, 2.05) is 23.0 Å². The van der Waals surface area contributed by atoms with Crippen molar-refractivity contribution >= 4 is 23.5 Å². The fourth-order valence-electron chi connectivity index (χ4n) is 2.52. The molecule has 1 aromatic carbocycles. The predicted octanol–water partition coefficient (Wildman–Crippen LogP) is 1.98. The zero-order valence-corrected chi connectivity index (χ0v) is 13.9. The van der Waals surface area contributed by atoms with E-state index in [0.717, 1.165) is 22.9 Å². The summed E-state index contributed by atoms with van der Waals surface area (Å²) in [5.41, 5.74) is 1.35. The van der Waals surface area contributed by atoms with Crippen LogP contribution in [0.25, 0.3) is 10.9 Å². The highest BCUT2D eigenvalue weighted by Crippen LogP contribution is 2.36. The SMILES string of the molecule is COCCn1cc2cc(B3OC(C)(C)C(C)(C)O3)ccc2n1. The van der Waals surface area contributed by atoms with Crippen LogP contribution in [0.15, 0.2) is 24.4 Å². The van der Waals surface area contributed by atoms with E-state index in [0.29, 0.717) is 6.61 Å². The Morgan fingerprint density at radius 2 is 1.86 bits per heavy atom. The van der Waals surface area contributed by atoms with E-state index in [4.69, 9.17) is 14.0 Å². The summed E-state index contributed by atoms with van der Waals surface area (Å²) in [5.74, 6) is 0. The van der Waals surface area contributed by atoms with E-state index in [2.05, 4.69) is 38.9 Å². The van der Waals surface area contributed by atoms with Crippen molar-refractivity contribution in [3.63, 3.8) is 0 Å². The van der Waals surface area contributed by atoms with Crippen LogP contribution in [-0.2, 0) is 20.6 Å². The van der Waals surface area contributed by atoms with Gasteiger partial charge in [0.2, 0.25) is 0 Å². The molecule has 1 fully saturated rings. The summed E-state index contributed by atoms with van der Waals surface area (Å²) in [6.45, 7) is 9.65. The Kier molecular flexibility index (Phi) is 3.79. The average Bonchev–Trinajstić information content (AvgIpc) is 2.93. The van der Waals surface area contributed by atoms with Crippen LogP contribution in [0.2, 0.25) is 0 Å². The molecular formula is C16H23BN2O3. The number of hydrogen-bond donors (Lipinski definition) is 0. The quantitative estimate of drug-likeness (QED) is 0.810. The van der Waals surface area contributed by atoms with Gasteiger partial charge in [0, 0.05) is 18.7 Å². The number of methoxy groups -OCH3 is 1. The second-order valence-electron chi connectivity index (χ2n) is 6.79. The lowest BCUT2D eigenvalue weighted by atomic mass is 9.79. The smallest absolute Gasteiger partial charge is 0.399 e. The first-order valence-electron chi connectivity index (χ1n) is 7.64. The summed E-state index contributed by atoms with van der Waals surface area (Å²) in [7, 11) is 1.36. The van der Waals surface area contributed by atoms with Gasteiger partial charge in [-0.25, -0.2) is 0 Å². The van der Waals surface area contributed by atoms with Gasteiger partial charge in [0.05, 0.1) is 29.9 Å². The molecule has 0 bridgehead atoms. The summed E-state index contributed by atoms with van der Waals surface area (Å²) < 4.78 is 19.2. The molecule has 0 N–H and O–H groups in total. The molecule has 2 aromatic rings. The molecule has 0 amide bonds. The minimum absolute atomic E-state index is 0.324. The van der Waals surface area contributed by atoms with E-state index in [-0.39, 0.29) is 18.3 Å². The lowest BCUT2D eigenvalue weighted by Gasteiger charge is -2.32. The van der Waals surface area contributed by atoms with E-state index in [1.54, 1.807) is 7.11 Å². The van der Waals surface area contributed by atoms with E-state index in [9.17, 15) is 0 Å². The molecule has 6 heteroatoms. The van der Waals surface area contributed by atoms with Crippen LogP contribution in [0.5, 0.6) is 0 Å². The third-order valence-corrected chi connectivity index (χ3v) is 4.63. The van der Waals surface area contributed by atoms with Crippen molar-refractivity contribution in [1.29, 1.82) is 0 Å². The van der Waals surface area contributed by atoms with Crippen LogP contribution in [0.1, 0.15) is 27.7 Å². The van der Waals surface area contributed by atoms with Crippen molar-refractivity contribution in [1.82, 2.24) is 9.78 Å². The van der Waals surface area contributed by atoms with Gasteiger partial charge in [-0.05, 0) is 39.2 Å². The van der Waals surface area contributed by atoms with Crippen molar-refractivity contribution < 1.29 is 14.0 Å². The van der Waals surface area contributed by atoms with Crippen molar-refractivity contribution in [3.8, 4) is 0 Å². The maximum absolute atomic E-state index is 6.10. The topological polar surface area (TPSA) is 45.5 Å². The van der Waals surface area contributed by atoms with Gasteiger partial charge in [-0.3, -0.25) is 4.68 Å². The largest absolute Gasteiger partial charge is 0.494 e. The van der Waals surface area contributed by atoms with Gasteiger partial charge in [-0.1, -0.05) is 12.1 Å². The first kappa shape index (κ1) is 15.5. The summed E-state index contributed by atoms with van der Waals surface area (Å²) in [6.07, 6.45) is 2.03. The van der Waals surface area contributed by atoms with E-state index in [1.165, 1.54) is 0 Å². The second kappa shape index (κ2) is 5.37. The van der Waals surface area contributed by atoms with Crippen molar-refractivity contribution in [3.05, 3.63) is 24.4 Å². The molecule has 0 spiro atoms. The van der Waals surface area contributed by atoms with Crippen LogP contribution in [0, 0.1) is 0 Å². The summed E-state index contributed by atoms with van der Waals surface area (Å²) >= 11 is 0. The minimum Gasteiger partial charge on any atom is -0.399 e. The number of rotatable bonds is 4. The van der Waals surface area contributed by atoms with Crippen LogP contribution in [0.4, 0.5) is 0 Å². The van der Waals surface area contributed by atoms with Crippen molar-refractivity contribution in [2.45, 2.75) is 45.4 Å². The molecule has 0 radical (unpaired) electrons. The predicted molar refractivity (Wildman–Crippen MR) is 87.3 cm³/mol. The van der Waals surface area contributed by atoms with Gasteiger partial charge in [0.15, 0.2) is 0 Å². The first-order valence-corrected chi connectivity index (χ1v) is 7.64. The van der Waals surface area contributed by atoms with E-state index < -0.39 is 0 Å². The second-order valence-corrected chi connectivity index (χ2v) is 6.79. The van der Waals surface area contributed by atoms with Crippen LogP contribution in [0.3, 0.4) is 0 Å². The average molecular weight is 302 g/mol.